The largest absolute Gasteiger partial charge is 0.492 e. The van der Waals surface area contributed by atoms with Gasteiger partial charge in [0.2, 0.25) is 29.5 Å². The van der Waals surface area contributed by atoms with Crippen molar-refractivity contribution in [2.24, 2.45) is 0 Å². The van der Waals surface area contributed by atoms with Crippen molar-refractivity contribution in [3.63, 3.8) is 0 Å². The second-order valence-electron chi connectivity index (χ2n) is 24.6. The van der Waals surface area contributed by atoms with Gasteiger partial charge in [0.05, 0.1) is 59.4 Å². The monoisotopic (exact) mass is 1500 g/mol. The summed E-state index contributed by atoms with van der Waals surface area (Å²) in [5.74, 6) is -7.19. The summed E-state index contributed by atoms with van der Waals surface area (Å²) in [7, 11) is 0. The van der Waals surface area contributed by atoms with Crippen LogP contribution in [0.3, 0.4) is 0 Å². The fraction of sp³-hybridized carbons (Fsp3) is 0.726. The fourth-order valence-corrected chi connectivity index (χ4v) is 11.0. The summed E-state index contributed by atoms with van der Waals surface area (Å²) in [6, 6.07) is -0.0459. The highest BCUT2D eigenvalue weighted by molar-refractivity contribution is 6.12. The van der Waals surface area contributed by atoms with Gasteiger partial charge in [0, 0.05) is 75.3 Å². The Balaban J connectivity index is 1.19. The number of carbonyl (C=O) groups excluding carboxylic acids is 9. The Morgan fingerprint density at radius 1 is 0.394 bits per heavy atom. The lowest BCUT2D eigenvalue weighted by atomic mass is 9.99. The van der Waals surface area contributed by atoms with Gasteiger partial charge in [-0.1, -0.05) is 6.42 Å². The van der Waals surface area contributed by atoms with Gasteiger partial charge in [0.25, 0.3) is 23.6 Å². The van der Waals surface area contributed by atoms with Crippen LogP contribution in [0.25, 0.3) is 0 Å². The van der Waals surface area contributed by atoms with E-state index in [4.69, 9.17) is 42.6 Å². The van der Waals surface area contributed by atoms with Gasteiger partial charge in [-0.05, 0) is 43.9 Å². The first-order valence-electron chi connectivity index (χ1n) is 33.6. The maximum Gasteiger partial charge on any atom is 0.253 e. The average molecular weight is 1500 g/mol. The smallest absolute Gasteiger partial charge is 0.253 e. The molecule has 0 bridgehead atoms. The Morgan fingerprint density at radius 3 is 1.05 bits per heavy atom. The highest BCUT2D eigenvalue weighted by Crippen LogP contribution is 2.27. The maximum atomic E-state index is 14.5. The van der Waals surface area contributed by atoms with Crippen LogP contribution in [0.1, 0.15) is 72.1 Å². The lowest BCUT2D eigenvalue weighted by Gasteiger charge is -2.39. The third-order valence-corrected chi connectivity index (χ3v) is 17.0. The van der Waals surface area contributed by atoms with Gasteiger partial charge >= 0.3 is 0 Å². The minimum absolute atomic E-state index is 0.0311. The topological polar surface area (TPSA) is 648 Å². The van der Waals surface area contributed by atoms with Crippen molar-refractivity contribution in [1.82, 2.24) is 42.1 Å². The summed E-state index contributed by atoms with van der Waals surface area (Å²) < 4.78 is 49.0. The molecule has 0 aliphatic carbocycles. The van der Waals surface area contributed by atoms with Crippen molar-refractivity contribution in [2.75, 3.05) is 98.7 Å². The van der Waals surface area contributed by atoms with E-state index in [2.05, 4.69) is 37.2 Å². The number of aliphatic hydroxyl groups is 16. The minimum Gasteiger partial charge on any atom is -0.492 e. The first-order valence-corrected chi connectivity index (χ1v) is 33.6. The summed E-state index contributed by atoms with van der Waals surface area (Å²) >= 11 is 0. The summed E-state index contributed by atoms with van der Waals surface area (Å²) in [4.78, 5) is 122. The van der Waals surface area contributed by atoms with E-state index < -0.39 is 278 Å². The van der Waals surface area contributed by atoms with Crippen molar-refractivity contribution < 1.29 is 167 Å². The number of hydrogen-bond acceptors (Lipinski definition) is 34. The second-order valence-corrected chi connectivity index (χ2v) is 24.6. The Bertz CT molecular complexity index is 2800. The van der Waals surface area contributed by atoms with Gasteiger partial charge in [0.15, 0.2) is 25.2 Å². The second kappa shape index (κ2) is 43.1. The average Bonchev–Trinajstić information content (AvgIpc) is 1.07. The summed E-state index contributed by atoms with van der Waals surface area (Å²) in [5.41, 5.74) is -0.833. The van der Waals surface area contributed by atoms with Gasteiger partial charge in [0.1, 0.15) is 122 Å². The summed E-state index contributed by atoms with van der Waals surface area (Å²) in [6.07, 6.45) is -31.1. The van der Waals surface area contributed by atoms with Gasteiger partial charge in [-0.3, -0.25) is 48.1 Å². The van der Waals surface area contributed by atoms with Crippen molar-refractivity contribution in [3.8, 4) is 5.75 Å². The molecule has 104 heavy (non-hydrogen) atoms. The molecule has 10 unspecified atom stereocenters. The number of ether oxygens (including phenoxy) is 9. The highest BCUT2D eigenvalue weighted by atomic mass is 16.7. The van der Waals surface area contributed by atoms with E-state index >= 15 is 0 Å². The number of benzene rings is 1. The molecule has 23 N–H and O–H groups in total. The molecule has 0 saturated carbocycles. The van der Waals surface area contributed by atoms with Crippen LogP contribution in [0.5, 0.6) is 5.75 Å². The predicted molar refractivity (Wildman–Crippen MR) is 341 cm³/mol. The molecule has 1 aromatic carbocycles. The van der Waals surface area contributed by atoms with Crippen LogP contribution in [-0.4, -0.2) is 373 Å². The lowest BCUT2D eigenvalue weighted by Crippen LogP contribution is -2.59. The quantitative estimate of drug-likeness (QED) is 0.0213. The van der Waals surface area contributed by atoms with Crippen LogP contribution in [0.2, 0.25) is 0 Å². The SMILES string of the molecule is O=C(CCCCCN1C(=O)C=CC1=O)NCCOc1cc(C(=O)NC(CCC(=O)NCCO[C@@H]2OC(CO)[C@@H](O)[C@H](O)C2O)C(=O)NCCO[C@@H]2OC(CO)[C@@H](O)[C@H](O)C2O)cc(C(=O)NC(CCC(=O)NCCO[C@@H]2OC(CO)[C@@H](O)[C@H](O)C2O)C(=O)NCCO[C@@H]2OC(CO)[C@@H](O)[C@H](O)C2O)c1. The molecule has 1 aromatic rings. The first kappa shape index (κ1) is 86.2. The fourth-order valence-electron chi connectivity index (χ4n) is 11.0. The van der Waals surface area contributed by atoms with E-state index in [1.54, 1.807) is 0 Å². The molecule has 5 aliphatic heterocycles. The van der Waals surface area contributed by atoms with Crippen molar-refractivity contribution >= 4 is 53.2 Å². The van der Waals surface area contributed by atoms with E-state index in [1.165, 1.54) is 0 Å². The van der Waals surface area contributed by atoms with E-state index in [9.17, 15) is 125 Å². The number of imide groups is 1. The number of rotatable bonds is 42. The Labute approximate surface area is 593 Å². The van der Waals surface area contributed by atoms with Crippen LogP contribution < -0.4 is 42.0 Å². The molecule has 5 heterocycles. The highest BCUT2D eigenvalue weighted by Gasteiger charge is 2.48. The predicted octanol–water partition coefficient (Wildman–Crippen LogP) is -12.8. The van der Waals surface area contributed by atoms with Gasteiger partial charge in [-0.15, -0.1) is 0 Å². The first-order chi connectivity index (χ1) is 49.6. The lowest BCUT2D eigenvalue weighted by molar-refractivity contribution is -0.300. The molecule has 5 aliphatic rings. The number of aliphatic hydroxyl groups excluding tert-OH is 16. The Kier molecular flexibility index (Phi) is 35.7. The standard InChI is InChI=1S/C62H96N8O34/c71-25-34-43(80)47(84)51(88)59(101-34)97-18-12-64-39(76)7-5-32(57(94)66-14-20-99-61-53(90)49(86)45(82)36(27-73)103-61)68-55(92)29-22-30(24-31(23-29)96-17-11-63-38(75)4-2-1-3-16-70-41(78)9-10-42(70)79)56(93)69-33(58(95)67-15-21-100-62-54(91)50(87)46(83)37(28-74)104-62)6-8-40(77)65-13-19-98-60-52(89)48(85)44(81)35(26-72)102-60/h9-10,22-24,32-37,43-54,59-62,71-74,80-91H,1-8,11-21,25-28H2,(H,63,75)(H,64,76)(H,65,77)(H,66,94)(H,67,95)(H,68,92)(H,69,93)/t32?,33?,34?,35?,36?,37?,43-,44-,45-,46-,47+,48+,49+,50+,51?,52?,53?,54?,59-,60-,61-,62-/m1/s1. The zero-order valence-corrected chi connectivity index (χ0v) is 56.3. The molecular weight excluding hydrogens is 1400 g/mol. The summed E-state index contributed by atoms with van der Waals surface area (Å²) in [5, 5.41) is 179. The zero-order valence-electron chi connectivity index (χ0n) is 56.3. The van der Waals surface area contributed by atoms with Crippen LogP contribution in [0.4, 0.5) is 0 Å². The Morgan fingerprint density at radius 2 is 0.712 bits per heavy atom. The van der Waals surface area contributed by atoms with Crippen LogP contribution >= 0.6 is 0 Å². The Hall–Kier alpha value is -6.77. The van der Waals surface area contributed by atoms with Crippen LogP contribution in [0.15, 0.2) is 30.4 Å². The molecule has 0 radical (unpaired) electrons. The third-order valence-electron chi connectivity index (χ3n) is 17.0. The van der Waals surface area contributed by atoms with E-state index in [1.807, 2.05) is 0 Å². The molecule has 0 spiro atoms. The number of carbonyl (C=O) groups is 9. The normalized spacial score (nSPS) is 30.4. The van der Waals surface area contributed by atoms with Crippen LogP contribution in [-0.2, 0) is 71.5 Å². The molecule has 0 aromatic heterocycles. The molecular formula is C62H96N8O34. The molecule has 42 heteroatoms. The van der Waals surface area contributed by atoms with E-state index in [0.29, 0.717) is 19.3 Å². The number of hydrogen-bond donors (Lipinski definition) is 23. The molecule has 22 atom stereocenters. The van der Waals surface area contributed by atoms with Crippen molar-refractivity contribution in [1.29, 1.82) is 0 Å². The third kappa shape index (κ3) is 25.2. The number of amides is 9. The van der Waals surface area contributed by atoms with Gasteiger partial charge < -0.3 is 162 Å². The van der Waals surface area contributed by atoms with Gasteiger partial charge in [-0.2, -0.15) is 0 Å². The molecule has 9 amide bonds. The number of nitrogens with one attached hydrogen (secondary N) is 7. The number of unbranched alkanes of at least 4 members (excludes halogenated alkanes) is 2. The molecule has 588 valence electrons. The molecule has 42 nitrogen and oxygen atoms in total. The summed E-state index contributed by atoms with van der Waals surface area (Å²) in [6.45, 7) is -6.40. The van der Waals surface area contributed by atoms with Crippen molar-refractivity contribution in [3.05, 3.63) is 41.5 Å². The maximum absolute atomic E-state index is 14.5. The van der Waals surface area contributed by atoms with E-state index in [0.717, 1.165) is 35.3 Å². The van der Waals surface area contributed by atoms with E-state index in [-0.39, 0.29) is 58.2 Å². The van der Waals surface area contributed by atoms with Crippen LogP contribution in [0, 0.1) is 0 Å². The zero-order chi connectivity index (χ0) is 76.3. The minimum atomic E-state index is -1.82. The number of nitrogens with zero attached hydrogens (tertiary/aromatic N) is 1. The molecule has 6 rings (SSSR count). The molecule has 4 saturated heterocycles. The van der Waals surface area contributed by atoms with Crippen molar-refractivity contribution in [2.45, 2.75) is 186 Å². The molecule has 4 fully saturated rings. The van der Waals surface area contributed by atoms with Gasteiger partial charge in [-0.25, -0.2) is 0 Å².